The van der Waals surface area contributed by atoms with Crippen molar-refractivity contribution in [3.63, 3.8) is 0 Å². The average molecular weight is 336 g/mol. The summed E-state index contributed by atoms with van der Waals surface area (Å²) in [5, 5.41) is 0. The molecule has 0 aromatic heterocycles. The standard InChI is InChI=1S/C19H16F4O/c20-18(21)19(22,23)12-11-16(14-7-3-1-4-8-14)13-17(24)15-9-5-2-6-10-15/h1-10,13,18H,11-12H2. The Morgan fingerprint density at radius 2 is 1.42 bits per heavy atom. The third-order valence-corrected chi connectivity index (χ3v) is 3.56. The Bertz CT molecular complexity index is 694. The molecule has 2 aromatic carbocycles. The van der Waals surface area contributed by atoms with E-state index in [1.807, 2.05) is 0 Å². The van der Waals surface area contributed by atoms with Crippen molar-refractivity contribution in [2.75, 3.05) is 0 Å². The molecule has 0 saturated carbocycles. The number of halogens is 4. The summed E-state index contributed by atoms with van der Waals surface area (Å²) in [4.78, 5) is 12.3. The van der Waals surface area contributed by atoms with E-state index in [9.17, 15) is 22.4 Å². The molecule has 0 aliphatic rings. The van der Waals surface area contributed by atoms with Crippen LogP contribution >= 0.6 is 0 Å². The van der Waals surface area contributed by atoms with Crippen molar-refractivity contribution in [2.45, 2.75) is 25.2 Å². The third-order valence-electron chi connectivity index (χ3n) is 3.56. The molecule has 0 spiro atoms. The maximum Gasteiger partial charge on any atom is 0.307 e. The second kappa shape index (κ2) is 7.90. The Labute approximate surface area is 137 Å². The van der Waals surface area contributed by atoms with E-state index < -0.39 is 18.8 Å². The first-order chi connectivity index (χ1) is 11.4. The van der Waals surface area contributed by atoms with Gasteiger partial charge < -0.3 is 0 Å². The van der Waals surface area contributed by atoms with Crippen molar-refractivity contribution in [2.24, 2.45) is 0 Å². The molecule has 0 heterocycles. The van der Waals surface area contributed by atoms with Crippen molar-refractivity contribution in [3.8, 4) is 0 Å². The lowest BCUT2D eigenvalue weighted by atomic mass is 9.96. The monoisotopic (exact) mass is 336 g/mol. The molecule has 0 N–H and O–H groups in total. The summed E-state index contributed by atoms with van der Waals surface area (Å²) in [5.74, 6) is -4.43. The number of rotatable bonds is 7. The average Bonchev–Trinajstić information content (AvgIpc) is 2.59. The normalized spacial score (nSPS) is 12.5. The molecule has 0 unspecified atom stereocenters. The molecule has 2 aromatic rings. The molecule has 1 nitrogen and oxygen atoms in total. The molecule has 0 amide bonds. The summed E-state index contributed by atoms with van der Waals surface area (Å²) >= 11 is 0. The summed E-state index contributed by atoms with van der Waals surface area (Å²) in [7, 11) is 0. The summed E-state index contributed by atoms with van der Waals surface area (Å²) < 4.78 is 51.2. The fraction of sp³-hybridized carbons (Fsp3) is 0.211. The molecule has 5 heteroatoms. The second-order valence-corrected chi connectivity index (χ2v) is 5.33. The molecule has 126 valence electrons. The molecule has 0 saturated heterocycles. The predicted octanol–water partition coefficient (Wildman–Crippen LogP) is 5.63. The van der Waals surface area contributed by atoms with Crippen LogP contribution in [0.2, 0.25) is 0 Å². The van der Waals surface area contributed by atoms with Gasteiger partial charge >= 0.3 is 12.3 Å². The van der Waals surface area contributed by atoms with E-state index in [0.29, 0.717) is 16.7 Å². The van der Waals surface area contributed by atoms with Gasteiger partial charge in [-0.3, -0.25) is 4.79 Å². The van der Waals surface area contributed by atoms with Crippen LogP contribution in [0.5, 0.6) is 0 Å². The van der Waals surface area contributed by atoms with Crippen LogP contribution in [0.15, 0.2) is 66.7 Å². The van der Waals surface area contributed by atoms with Gasteiger partial charge in [-0.1, -0.05) is 60.7 Å². The minimum absolute atomic E-state index is 0.310. The highest BCUT2D eigenvalue weighted by atomic mass is 19.3. The van der Waals surface area contributed by atoms with Gasteiger partial charge in [-0.25, -0.2) is 17.6 Å². The van der Waals surface area contributed by atoms with E-state index >= 15 is 0 Å². The van der Waals surface area contributed by atoms with Gasteiger partial charge in [-0.15, -0.1) is 0 Å². The van der Waals surface area contributed by atoms with E-state index in [1.54, 1.807) is 60.7 Å². The lowest BCUT2D eigenvalue weighted by Crippen LogP contribution is -2.26. The van der Waals surface area contributed by atoms with Crippen molar-refractivity contribution in [1.82, 2.24) is 0 Å². The van der Waals surface area contributed by atoms with Crippen molar-refractivity contribution in [3.05, 3.63) is 77.9 Å². The van der Waals surface area contributed by atoms with Crippen LogP contribution in [0.3, 0.4) is 0 Å². The molecule has 0 bridgehead atoms. The van der Waals surface area contributed by atoms with Crippen LogP contribution in [0.25, 0.3) is 5.57 Å². The first kappa shape index (κ1) is 17.9. The van der Waals surface area contributed by atoms with Crippen LogP contribution in [0.1, 0.15) is 28.8 Å². The van der Waals surface area contributed by atoms with Gasteiger partial charge in [-0.05, 0) is 23.6 Å². The second-order valence-electron chi connectivity index (χ2n) is 5.33. The molecular formula is C19H16F4O. The number of alkyl halides is 4. The summed E-state index contributed by atoms with van der Waals surface area (Å²) in [6, 6.07) is 16.8. The smallest absolute Gasteiger partial charge is 0.289 e. The van der Waals surface area contributed by atoms with Crippen LogP contribution in [0.4, 0.5) is 17.6 Å². The predicted molar refractivity (Wildman–Crippen MR) is 85.4 cm³/mol. The van der Waals surface area contributed by atoms with E-state index in [0.717, 1.165) is 0 Å². The van der Waals surface area contributed by atoms with Crippen molar-refractivity contribution in [1.29, 1.82) is 0 Å². The molecule has 0 atom stereocenters. The summed E-state index contributed by atoms with van der Waals surface area (Å²) in [5.41, 5.74) is 1.28. The SMILES string of the molecule is O=C(C=C(CCC(F)(F)C(F)F)c1ccccc1)c1ccccc1. The molecular weight excluding hydrogens is 320 g/mol. The number of hydrogen-bond acceptors (Lipinski definition) is 1. The van der Waals surface area contributed by atoms with E-state index in [2.05, 4.69) is 0 Å². The first-order valence-corrected chi connectivity index (χ1v) is 7.41. The van der Waals surface area contributed by atoms with E-state index in [-0.39, 0.29) is 12.2 Å². The maximum absolute atomic E-state index is 13.2. The van der Waals surface area contributed by atoms with Crippen LogP contribution in [-0.4, -0.2) is 18.1 Å². The van der Waals surface area contributed by atoms with E-state index in [1.165, 1.54) is 6.08 Å². The number of hydrogen-bond donors (Lipinski definition) is 0. The van der Waals surface area contributed by atoms with E-state index in [4.69, 9.17) is 0 Å². The summed E-state index contributed by atoms with van der Waals surface area (Å²) in [6.07, 6.45) is -3.82. The van der Waals surface area contributed by atoms with Gasteiger partial charge in [0.15, 0.2) is 5.78 Å². The Morgan fingerprint density at radius 3 is 1.92 bits per heavy atom. The highest BCUT2D eigenvalue weighted by molar-refractivity contribution is 6.08. The Hall–Kier alpha value is -2.43. The molecule has 0 fully saturated rings. The maximum atomic E-state index is 13.2. The zero-order valence-electron chi connectivity index (χ0n) is 12.8. The first-order valence-electron chi connectivity index (χ1n) is 7.41. The van der Waals surface area contributed by atoms with Crippen molar-refractivity contribution >= 4 is 11.4 Å². The Kier molecular flexibility index (Phi) is 5.90. The van der Waals surface area contributed by atoms with Gasteiger partial charge in [0.1, 0.15) is 0 Å². The number of carbonyl (C=O) groups is 1. The molecule has 0 aliphatic carbocycles. The minimum atomic E-state index is -4.08. The molecule has 2 rings (SSSR count). The van der Waals surface area contributed by atoms with Gasteiger partial charge in [0.2, 0.25) is 0 Å². The highest BCUT2D eigenvalue weighted by Crippen LogP contribution is 2.32. The van der Waals surface area contributed by atoms with Gasteiger partial charge in [-0.2, -0.15) is 0 Å². The quantitative estimate of drug-likeness (QED) is 0.364. The van der Waals surface area contributed by atoms with Crippen LogP contribution in [-0.2, 0) is 0 Å². The number of benzene rings is 2. The van der Waals surface area contributed by atoms with Crippen LogP contribution < -0.4 is 0 Å². The van der Waals surface area contributed by atoms with Gasteiger partial charge in [0.05, 0.1) is 0 Å². The fourth-order valence-electron chi connectivity index (χ4n) is 2.21. The lowest BCUT2D eigenvalue weighted by Gasteiger charge is -2.16. The molecule has 0 aliphatic heterocycles. The van der Waals surface area contributed by atoms with Gasteiger partial charge in [0.25, 0.3) is 0 Å². The topological polar surface area (TPSA) is 17.1 Å². The Balaban J connectivity index is 2.27. The molecule has 24 heavy (non-hydrogen) atoms. The Morgan fingerprint density at radius 1 is 0.917 bits per heavy atom. The number of ketones is 1. The highest BCUT2D eigenvalue weighted by Gasteiger charge is 2.40. The van der Waals surface area contributed by atoms with Crippen molar-refractivity contribution < 1.29 is 22.4 Å². The van der Waals surface area contributed by atoms with Gasteiger partial charge in [0, 0.05) is 12.0 Å². The largest absolute Gasteiger partial charge is 0.307 e. The van der Waals surface area contributed by atoms with Crippen LogP contribution in [0, 0.1) is 0 Å². The lowest BCUT2D eigenvalue weighted by molar-refractivity contribution is -0.131. The molecule has 0 radical (unpaired) electrons. The minimum Gasteiger partial charge on any atom is -0.289 e. The zero-order chi connectivity index (χ0) is 17.6. The number of carbonyl (C=O) groups excluding carboxylic acids is 1. The summed E-state index contributed by atoms with van der Waals surface area (Å²) in [6.45, 7) is 0. The zero-order valence-corrected chi connectivity index (χ0v) is 12.8. The number of allylic oxidation sites excluding steroid dienone is 2. The third kappa shape index (κ3) is 4.78. The fourth-order valence-corrected chi connectivity index (χ4v) is 2.21.